The first kappa shape index (κ1) is 9.16. The maximum atomic E-state index is 6.09. The van der Waals surface area contributed by atoms with Gasteiger partial charge in [0, 0.05) is 11.1 Å². The topological polar surface area (TPSA) is 22.1 Å². The van der Waals surface area contributed by atoms with Crippen molar-refractivity contribution in [2.45, 2.75) is 23.8 Å². The molecule has 2 nitrogen and oxygen atoms in total. The van der Waals surface area contributed by atoms with Crippen LogP contribution in [-0.2, 0) is 0 Å². The third-order valence-electron chi connectivity index (χ3n) is 1.85. The number of halogens is 1. The van der Waals surface area contributed by atoms with Crippen molar-refractivity contribution in [2.24, 2.45) is 0 Å². The minimum atomic E-state index is 0.372. The molecule has 0 N–H and O–H groups in total. The van der Waals surface area contributed by atoms with Crippen molar-refractivity contribution in [1.29, 1.82) is 0 Å². The van der Waals surface area contributed by atoms with E-state index in [1.165, 1.54) is 0 Å². The first-order chi connectivity index (χ1) is 6.31. The van der Waals surface area contributed by atoms with Gasteiger partial charge in [-0.3, -0.25) is 4.98 Å². The zero-order valence-corrected chi connectivity index (χ0v) is 8.86. The Hall–Kier alpha value is -0.410. The van der Waals surface area contributed by atoms with E-state index in [0.29, 0.717) is 11.1 Å². The molecule has 0 aromatic carbocycles. The summed E-state index contributed by atoms with van der Waals surface area (Å²) in [4.78, 5) is 5.04. The van der Waals surface area contributed by atoms with E-state index >= 15 is 0 Å². The second kappa shape index (κ2) is 3.76. The molecule has 1 aromatic rings. The average molecular weight is 216 g/mol. The fourth-order valence-electron chi connectivity index (χ4n) is 0.997. The monoisotopic (exact) mass is 215 g/mol. The molecule has 70 valence electrons. The molecule has 1 aliphatic carbocycles. The van der Waals surface area contributed by atoms with Gasteiger partial charge in [0.25, 0.3) is 0 Å². The summed E-state index contributed by atoms with van der Waals surface area (Å²) in [5.74, 6) is 0.719. The van der Waals surface area contributed by atoms with E-state index in [-0.39, 0.29) is 0 Å². The molecule has 0 spiro atoms. The van der Waals surface area contributed by atoms with Crippen molar-refractivity contribution >= 4 is 23.4 Å². The van der Waals surface area contributed by atoms with E-state index in [9.17, 15) is 0 Å². The van der Waals surface area contributed by atoms with Gasteiger partial charge in [0.2, 0.25) is 0 Å². The Morgan fingerprint density at radius 3 is 2.92 bits per heavy atom. The molecule has 0 bridgehead atoms. The fraction of sp³-hybridized carbons (Fsp3) is 0.444. The molecule has 1 heterocycles. The van der Waals surface area contributed by atoms with Gasteiger partial charge >= 0.3 is 0 Å². The number of ether oxygens (including phenoxy) is 1. The van der Waals surface area contributed by atoms with E-state index in [1.54, 1.807) is 24.2 Å². The third kappa shape index (κ3) is 2.09. The van der Waals surface area contributed by atoms with Crippen LogP contribution in [0.4, 0.5) is 0 Å². The van der Waals surface area contributed by atoms with Crippen LogP contribution in [0, 0.1) is 0 Å². The number of thioether (sulfide) groups is 1. The summed E-state index contributed by atoms with van der Waals surface area (Å²) < 4.78 is 5.59. The number of pyridine rings is 1. The van der Waals surface area contributed by atoms with Crippen LogP contribution in [0.3, 0.4) is 0 Å². The normalized spacial score (nSPS) is 15.8. The molecule has 2 rings (SSSR count). The summed E-state index contributed by atoms with van der Waals surface area (Å²) in [6, 6.07) is 0. The van der Waals surface area contributed by atoms with Gasteiger partial charge in [-0.05, 0) is 19.1 Å². The maximum Gasteiger partial charge on any atom is 0.157 e. The van der Waals surface area contributed by atoms with Gasteiger partial charge in [0.05, 0.1) is 17.3 Å². The van der Waals surface area contributed by atoms with E-state index in [4.69, 9.17) is 16.3 Å². The van der Waals surface area contributed by atoms with Crippen LogP contribution in [0.5, 0.6) is 5.75 Å². The lowest BCUT2D eigenvalue weighted by Gasteiger charge is -2.07. The number of aromatic nitrogens is 1. The molecule has 1 aliphatic rings. The van der Waals surface area contributed by atoms with Gasteiger partial charge in [-0.2, -0.15) is 0 Å². The Labute approximate surface area is 86.6 Å². The zero-order valence-electron chi connectivity index (χ0n) is 7.29. The first-order valence-corrected chi connectivity index (χ1v) is 5.75. The molecule has 1 aromatic heterocycles. The molecule has 0 saturated heterocycles. The molecular weight excluding hydrogens is 206 g/mol. The quantitative estimate of drug-likeness (QED) is 0.724. The Balaban J connectivity index is 2.22. The van der Waals surface area contributed by atoms with Crippen LogP contribution < -0.4 is 4.74 Å². The highest BCUT2D eigenvalue weighted by Crippen LogP contribution is 2.36. The van der Waals surface area contributed by atoms with E-state index in [1.807, 2.05) is 6.26 Å². The second-order valence-electron chi connectivity index (χ2n) is 2.97. The third-order valence-corrected chi connectivity index (χ3v) is 3.11. The Morgan fingerprint density at radius 2 is 2.31 bits per heavy atom. The highest BCUT2D eigenvalue weighted by Gasteiger charge is 2.24. The molecule has 1 saturated carbocycles. The minimum absolute atomic E-state index is 0.372. The molecule has 0 unspecified atom stereocenters. The summed E-state index contributed by atoms with van der Waals surface area (Å²) >= 11 is 7.68. The number of hydrogen-bond donors (Lipinski definition) is 0. The fourth-order valence-corrected chi connectivity index (χ4v) is 1.82. The van der Waals surface area contributed by atoms with Crippen molar-refractivity contribution in [3.63, 3.8) is 0 Å². The average Bonchev–Trinajstić information content (AvgIpc) is 2.92. The van der Waals surface area contributed by atoms with Crippen LogP contribution in [0.25, 0.3) is 0 Å². The summed E-state index contributed by atoms with van der Waals surface area (Å²) in [6.45, 7) is 0. The highest BCUT2D eigenvalue weighted by atomic mass is 35.5. The number of rotatable bonds is 3. The van der Waals surface area contributed by atoms with Crippen LogP contribution in [0.15, 0.2) is 17.3 Å². The van der Waals surface area contributed by atoms with Crippen molar-refractivity contribution < 1.29 is 4.74 Å². The van der Waals surface area contributed by atoms with Crippen molar-refractivity contribution in [3.8, 4) is 5.75 Å². The number of nitrogens with zero attached hydrogens (tertiary/aromatic N) is 1. The van der Waals surface area contributed by atoms with Gasteiger partial charge in [-0.1, -0.05) is 11.6 Å². The van der Waals surface area contributed by atoms with Crippen LogP contribution >= 0.6 is 23.4 Å². The Morgan fingerprint density at radius 1 is 1.54 bits per heavy atom. The molecular formula is C9H10ClNOS. The first-order valence-electron chi connectivity index (χ1n) is 4.15. The predicted molar refractivity (Wildman–Crippen MR) is 54.7 cm³/mol. The molecule has 0 radical (unpaired) electrons. The minimum Gasteiger partial charge on any atom is -0.487 e. The summed E-state index contributed by atoms with van der Waals surface area (Å²) in [7, 11) is 0. The van der Waals surface area contributed by atoms with E-state index < -0.39 is 0 Å². The lowest BCUT2D eigenvalue weighted by atomic mass is 10.4. The van der Waals surface area contributed by atoms with Gasteiger partial charge < -0.3 is 4.74 Å². The van der Waals surface area contributed by atoms with E-state index in [0.717, 1.165) is 23.5 Å². The van der Waals surface area contributed by atoms with Crippen molar-refractivity contribution in [1.82, 2.24) is 4.98 Å². The number of hydrogen-bond acceptors (Lipinski definition) is 3. The zero-order chi connectivity index (χ0) is 9.26. The van der Waals surface area contributed by atoms with Gasteiger partial charge in [-0.25, -0.2) is 0 Å². The Bertz CT molecular complexity index is 314. The van der Waals surface area contributed by atoms with Crippen LogP contribution in [-0.4, -0.2) is 17.3 Å². The van der Waals surface area contributed by atoms with Crippen molar-refractivity contribution in [3.05, 3.63) is 17.4 Å². The predicted octanol–water partition coefficient (Wildman–Crippen LogP) is 3.00. The van der Waals surface area contributed by atoms with Gasteiger partial charge in [-0.15, -0.1) is 11.8 Å². The molecule has 0 amide bonds. The highest BCUT2D eigenvalue weighted by molar-refractivity contribution is 7.98. The lowest BCUT2D eigenvalue weighted by Crippen LogP contribution is -1.97. The molecule has 1 fully saturated rings. The van der Waals surface area contributed by atoms with Gasteiger partial charge in [0.1, 0.15) is 0 Å². The van der Waals surface area contributed by atoms with Crippen LogP contribution in [0.2, 0.25) is 5.02 Å². The summed E-state index contributed by atoms with van der Waals surface area (Å²) in [5.41, 5.74) is 0. The lowest BCUT2D eigenvalue weighted by molar-refractivity contribution is 0.301. The summed E-state index contributed by atoms with van der Waals surface area (Å²) in [5, 5.41) is 0.689. The molecule has 13 heavy (non-hydrogen) atoms. The SMILES string of the molecule is CSc1cncc(OC2CC2)c1Cl. The van der Waals surface area contributed by atoms with Crippen molar-refractivity contribution in [2.75, 3.05) is 6.26 Å². The molecule has 4 heteroatoms. The standard InChI is InChI=1S/C9H10ClNOS/c1-13-8-5-11-4-7(9(8)10)12-6-2-3-6/h4-6H,2-3H2,1H3. The van der Waals surface area contributed by atoms with Gasteiger partial charge in [0.15, 0.2) is 5.75 Å². The smallest absolute Gasteiger partial charge is 0.157 e. The van der Waals surface area contributed by atoms with E-state index in [2.05, 4.69) is 4.98 Å². The second-order valence-corrected chi connectivity index (χ2v) is 4.20. The largest absolute Gasteiger partial charge is 0.487 e. The molecule has 0 atom stereocenters. The summed E-state index contributed by atoms with van der Waals surface area (Å²) in [6.07, 6.45) is 8.06. The Kier molecular flexibility index (Phi) is 2.65. The molecule has 0 aliphatic heterocycles. The maximum absolute atomic E-state index is 6.09. The van der Waals surface area contributed by atoms with Crippen LogP contribution in [0.1, 0.15) is 12.8 Å².